The van der Waals surface area contributed by atoms with Crippen molar-refractivity contribution in [2.45, 2.75) is 64.4 Å². The Bertz CT molecular complexity index is 692. The highest BCUT2D eigenvalue weighted by atomic mass is 16.4. The van der Waals surface area contributed by atoms with Gasteiger partial charge in [-0.3, -0.25) is 0 Å². The molecule has 152 valence electrons. The first-order valence-corrected chi connectivity index (χ1v) is 8.98. The van der Waals surface area contributed by atoms with Crippen molar-refractivity contribution in [1.82, 2.24) is 0 Å². The van der Waals surface area contributed by atoms with Gasteiger partial charge in [0.15, 0.2) is 0 Å². The average Bonchev–Trinajstić information content (AvgIpc) is 2.56. The van der Waals surface area contributed by atoms with Crippen LogP contribution in [-0.2, 0) is 6.42 Å². The van der Waals surface area contributed by atoms with Crippen molar-refractivity contribution < 1.29 is 29.9 Å². The van der Waals surface area contributed by atoms with Crippen LogP contribution in [0.4, 0.5) is 0 Å². The van der Waals surface area contributed by atoms with Crippen molar-refractivity contribution in [3.8, 4) is 5.75 Å². The normalized spacial score (nSPS) is 18.3. The molecule has 7 heteroatoms. The van der Waals surface area contributed by atoms with E-state index in [1.54, 1.807) is 6.08 Å². The van der Waals surface area contributed by atoms with Crippen molar-refractivity contribution >= 4 is 0 Å². The molecule has 7 nitrogen and oxygen atoms in total. The molecule has 0 aliphatic rings. The molecule has 0 radical (unpaired) electrons. The second kappa shape index (κ2) is 11.0. The molecule has 0 aromatic carbocycles. The van der Waals surface area contributed by atoms with Crippen LogP contribution < -0.4 is 5.63 Å². The van der Waals surface area contributed by atoms with Crippen LogP contribution in [-0.4, -0.2) is 49.9 Å². The van der Waals surface area contributed by atoms with Gasteiger partial charge in [0.25, 0.3) is 0 Å². The Hall–Kier alpha value is -1.93. The van der Waals surface area contributed by atoms with Crippen molar-refractivity contribution in [1.29, 1.82) is 0 Å². The van der Waals surface area contributed by atoms with Crippen LogP contribution in [0.3, 0.4) is 0 Å². The summed E-state index contributed by atoms with van der Waals surface area (Å²) >= 11 is 0. The van der Waals surface area contributed by atoms with Gasteiger partial charge in [0.2, 0.25) is 0 Å². The molecule has 0 amide bonds. The van der Waals surface area contributed by atoms with Crippen LogP contribution in [0.5, 0.6) is 5.75 Å². The van der Waals surface area contributed by atoms with E-state index in [0.29, 0.717) is 0 Å². The van der Waals surface area contributed by atoms with Crippen LogP contribution in [0.1, 0.15) is 39.4 Å². The number of rotatable bonds is 10. The molecule has 5 atom stereocenters. The van der Waals surface area contributed by atoms with Gasteiger partial charge in [-0.2, -0.15) is 0 Å². The first-order chi connectivity index (χ1) is 12.6. The standard InChI is InChI=1S/C20H30O7/c1-4-12(2)20(26)13(3)5-6-14(21)7-15(22)8-16(23)9-18-10-17(24)11-19(25)27-18/h4-6,10-11,13-16,20-24,26H,7-9H2,1-3H3/b6-5+,12-4+/t13-,14+,15+,16+,20+/m0/s1. The Morgan fingerprint density at radius 3 is 2.37 bits per heavy atom. The van der Waals surface area contributed by atoms with E-state index in [4.69, 9.17) is 4.42 Å². The third-order valence-electron chi connectivity index (χ3n) is 4.36. The second-order valence-electron chi connectivity index (χ2n) is 6.87. The van der Waals surface area contributed by atoms with Gasteiger partial charge in [-0.1, -0.05) is 25.2 Å². The Morgan fingerprint density at radius 2 is 1.78 bits per heavy atom. The van der Waals surface area contributed by atoms with Crippen LogP contribution >= 0.6 is 0 Å². The van der Waals surface area contributed by atoms with Gasteiger partial charge in [0.05, 0.1) is 30.5 Å². The highest BCUT2D eigenvalue weighted by Crippen LogP contribution is 2.16. The summed E-state index contributed by atoms with van der Waals surface area (Å²) in [5.41, 5.74) is 0.117. The van der Waals surface area contributed by atoms with E-state index in [9.17, 15) is 30.3 Å². The average molecular weight is 382 g/mol. The molecule has 0 spiro atoms. The number of hydrogen-bond donors (Lipinski definition) is 5. The first kappa shape index (κ1) is 23.1. The van der Waals surface area contributed by atoms with Crippen LogP contribution in [0.2, 0.25) is 0 Å². The van der Waals surface area contributed by atoms with Gasteiger partial charge >= 0.3 is 5.63 Å². The van der Waals surface area contributed by atoms with Crippen molar-refractivity contribution in [2.75, 3.05) is 0 Å². The monoisotopic (exact) mass is 382 g/mol. The molecule has 0 saturated carbocycles. The molecule has 1 rings (SSSR count). The molecule has 27 heavy (non-hydrogen) atoms. The van der Waals surface area contributed by atoms with Crippen LogP contribution in [0, 0.1) is 5.92 Å². The Morgan fingerprint density at radius 1 is 1.11 bits per heavy atom. The Kier molecular flexibility index (Phi) is 9.45. The van der Waals surface area contributed by atoms with Gasteiger partial charge in [-0.05, 0) is 25.8 Å². The van der Waals surface area contributed by atoms with Crippen LogP contribution in [0.25, 0.3) is 0 Å². The van der Waals surface area contributed by atoms with E-state index in [0.717, 1.165) is 11.6 Å². The van der Waals surface area contributed by atoms with E-state index in [1.807, 2.05) is 26.8 Å². The maximum Gasteiger partial charge on any atom is 0.339 e. The van der Waals surface area contributed by atoms with Crippen LogP contribution in [0.15, 0.2) is 45.1 Å². The summed E-state index contributed by atoms with van der Waals surface area (Å²) in [5.74, 6) is -0.325. The summed E-state index contributed by atoms with van der Waals surface area (Å²) in [6.45, 7) is 5.49. The van der Waals surface area contributed by atoms with E-state index < -0.39 is 30.0 Å². The molecule has 0 aliphatic carbocycles. The minimum Gasteiger partial charge on any atom is -0.508 e. The van der Waals surface area contributed by atoms with Crippen molar-refractivity contribution in [3.05, 3.63) is 52.1 Å². The smallest absolute Gasteiger partial charge is 0.339 e. The molecule has 1 aromatic rings. The lowest BCUT2D eigenvalue weighted by Crippen LogP contribution is -2.24. The lowest BCUT2D eigenvalue weighted by molar-refractivity contribution is 0.0495. The largest absolute Gasteiger partial charge is 0.508 e. The lowest BCUT2D eigenvalue weighted by Gasteiger charge is -2.18. The van der Waals surface area contributed by atoms with E-state index in [2.05, 4.69) is 0 Å². The zero-order chi connectivity index (χ0) is 20.6. The van der Waals surface area contributed by atoms with Gasteiger partial charge in [0, 0.05) is 24.8 Å². The van der Waals surface area contributed by atoms with Gasteiger partial charge in [0.1, 0.15) is 11.5 Å². The Labute approximate surface area is 158 Å². The van der Waals surface area contributed by atoms with Gasteiger partial charge in [-0.25, -0.2) is 4.79 Å². The Balaban J connectivity index is 2.49. The molecule has 0 unspecified atom stereocenters. The first-order valence-electron chi connectivity index (χ1n) is 8.98. The molecule has 1 aromatic heterocycles. The molecule has 1 heterocycles. The molecular formula is C20H30O7. The molecule has 0 bridgehead atoms. The summed E-state index contributed by atoms with van der Waals surface area (Å²) < 4.78 is 4.86. The predicted octanol–water partition coefficient (Wildman–Crippen LogP) is 1.27. The van der Waals surface area contributed by atoms with Crippen molar-refractivity contribution in [3.63, 3.8) is 0 Å². The fraction of sp³-hybridized carbons (Fsp3) is 0.550. The molecule has 0 saturated heterocycles. The fourth-order valence-corrected chi connectivity index (χ4v) is 2.69. The second-order valence-corrected chi connectivity index (χ2v) is 6.87. The molecule has 0 aliphatic heterocycles. The summed E-state index contributed by atoms with van der Waals surface area (Å²) in [6.07, 6.45) is 1.44. The fourth-order valence-electron chi connectivity index (χ4n) is 2.69. The highest BCUT2D eigenvalue weighted by Gasteiger charge is 2.18. The predicted molar refractivity (Wildman–Crippen MR) is 101 cm³/mol. The number of hydrogen-bond acceptors (Lipinski definition) is 7. The number of allylic oxidation sites excluding steroid dienone is 1. The molecule has 0 fully saturated rings. The minimum absolute atomic E-state index is 0.0168. The highest BCUT2D eigenvalue weighted by molar-refractivity contribution is 5.18. The maximum absolute atomic E-state index is 11.2. The molecule has 5 N–H and O–H groups in total. The topological polar surface area (TPSA) is 131 Å². The zero-order valence-corrected chi connectivity index (χ0v) is 15.9. The summed E-state index contributed by atoms with van der Waals surface area (Å²) in [5, 5.41) is 49.4. The van der Waals surface area contributed by atoms with Gasteiger partial charge in [-0.15, -0.1) is 0 Å². The lowest BCUT2D eigenvalue weighted by atomic mass is 9.96. The third kappa shape index (κ3) is 8.53. The molecular weight excluding hydrogens is 352 g/mol. The van der Waals surface area contributed by atoms with E-state index >= 15 is 0 Å². The maximum atomic E-state index is 11.2. The summed E-state index contributed by atoms with van der Waals surface area (Å²) in [6, 6.07) is 2.15. The number of aliphatic hydroxyl groups is 4. The summed E-state index contributed by atoms with van der Waals surface area (Å²) in [4.78, 5) is 11.2. The van der Waals surface area contributed by atoms with E-state index in [-0.39, 0.29) is 36.7 Å². The number of aromatic hydroxyl groups is 1. The summed E-state index contributed by atoms with van der Waals surface area (Å²) in [7, 11) is 0. The van der Waals surface area contributed by atoms with E-state index in [1.165, 1.54) is 12.1 Å². The SMILES string of the molecule is C/C=C(\C)[C@@H](O)[C@@H](C)/C=C/[C@@H](O)C[C@@H](O)C[C@@H](O)Cc1cc(O)cc(=O)o1. The quantitative estimate of drug-likeness (QED) is 0.385. The van der Waals surface area contributed by atoms with Crippen molar-refractivity contribution in [2.24, 2.45) is 5.92 Å². The van der Waals surface area contributed by atoms with Gasteiger partial charge < -0.3 is 29.9 Å². The minimum atomic E-state index is -1.00. The number of aliphatic hydroxyl groups excluding tert-OH is 4. The zero-order valence-electron chi connectivity index (χ0n) is 15.9. The third-order valence-corrected chi connectivity index (χ3v) is 4.36.